The van der Waals surface area contributed by atoms with Crippen LogP contribution in [0.1, 0.15) is 17.5 Å². The van der Waals surface area contributed by atoms with Crippen LogP contribution in [-0.2, 0) is 21.2 Å². The Morgan fingerprint density at radius 3 is 2.81 bits per heavy atom. The fourth-order valence-corrected chi connectivity index (χ4v) is 4.66. The van der Waals surface area contributed by atoms with Gasteiger partial charge >= 0.3 is 0 Å². The number of halogens is 1. The number of carbonyl (C=O) groups is 1. The van der Waals surface area contributed by atoms with E-state index >= 15 is 0 Å². The molecule has 27 heavy (non-hydrogen) atoms. The van der Waals surface area contributed by atoms with E-state index in [1.807, 2.05) is 42.5 Å². The van der Waals surface area contributed by atoms with Crippen LogP contribution in [0.25, 0.3) is 0 Å². The summed E-state index contributed by atoms with van der Waals surface area (Å²) in [5.74, 6) is -0.317. The highest BCUT2D eigenvalue weighted by molar-refractivity contribution is 7.91. The van der Waals surface area contributed by atoms with Gasteiger partial charge in [-0.25, -0.2) is 13.8 Å². The average molecular weight is 407 g/mol. The number of ether oxygens (including phenoxy) is 1. The van der Waals surface area contributed by atoms with Gasteiger partial charge in [-0.1, -0.05) is 41.9 Å². The van der Waals surface area contributed by atoms with Crippen LogP contribution in [-0.4, -0.2) is 32.0 Å². The first-order chi connectivity index (χ1) is 12.9. The van der Waals surface area contributed by atoms with Crippen LogP contribution < -0.4 is 10.2 Å². The molecule has 1 saturated heterocycles. The lowest BCUT2D eigenvalue weighted by Gasteiger charge is -2.08. The number of sulfone groups is 1. The smallest absolute Gasteiger partial charge is 0.244 e. The largest absolute Gasteiger partial charge is 0.489 e. The Kier molecular flexibility index (Phi) is 6.13. The molecular formula is C19H19ClN2O4S. The number of hydrogen-bond acceptors (Lipinski definition) is 5. The molecule has 1 fully saturated rings. The summed E-state index contributed by atoms with van der Waals surface area (Å²) in [4.78, 5) is 12.0. The highest BCUT2D eigenvalue weighted by atomic mass is 35.5. The molecule has 6 nitrogen and oxygen atoms in total. The van der Waals surface area contributed by atoms with Crippen LogP contribution in [0.15, 0.2) is 53.6 Å². The summed E-state index contributed by atoms with van der Waals surface area (Å²) in [5, 5.41) is 4.56. The maximum Gasteiger partial charge on any atom is 0.244 e. The highest BCUT2D eigenvalue weighted by Gasteiger charge is 2.32. The Balaban J connectivity index is 1.55. The minimum Gasteiger partial charge on any atom is -0.489 e. The Labute approximate surface area is 163 Å². The minimum atomic E-state index is -3.09. The zero-order valence-electron chi connectivity index (χ0n) is 14.5. The number of nitrogens with zero attached hydrogens (tertiary/aromatic N) is 1. The number of amides is 1. The molecule has 0 unspecified atom stereocenters. The Hall–Kier alpha value is -2.38. The Morgan fingerprint density at radius 1 is 1.26 bits per heavy atom. The molecule has 8 heteroatoms. The number of nitrogens with one attached hydrogen (secondary N) is 1. The Morgan fingerprint density at radius 2 is 2.07 bits per heavy atom. The van der Waals surface area contributed by atoms with Crippen molar-refractivity contribution in [2.24, 2.45) is 11.0 Å². The van der Waals surface area contributed by atoms with Crippen LogP contribution in [0, 0.1) is 5.92 Å². The fourth-order valence-electron chi connectivity index (χ4n) is 2.72. The predicted octanol–water partition coefficient (Wildman–Crippen LogP) is 2.80. The molecule has 2 aromatic rings. The van der Waals surface area contributed by atoms with E-state index in [4.69, 9.17) is 16.3 Å². The second-order valence-corrected chi connectivity index (χ2v) is 8.92. The van der Waals surface area contributed by atoms with E-state index in [0.717, 1.165) is 11.1 Å². The van der Waals surface area contributed by atoms with E-state index < -0.39 is 15.8 Å². The molecule has 1 N–H and O–H groups in total. The summed E-state index contributed by atoms with van der Waals surface area (Å²) in [6, 6.07) is 14.7. The number of hydrazone groups is 1. The van der Waals surface area contributed by atoms with Crippen LogP contribution in [0.5, 0.6) is 5.75 Å². The summed E-state index contributed by atoms with van der Waals surface area (Å²) >= 11 is 6.11. The standard InChI is InChI=1S/C19H19ClN2O4S/c20-18-7-2-1-5-15(18)12-26-17-6-3-4-14(10-17)11-21-22-19(23)16-8-9-27(24,25)13-16/h1-7,10-11,16H,8-9,12-13H2,(H,22,23)/b21-11-/t16-/m1/s1. The first-order valence-corrected chi connectivity index (χ1v) is 10.6. The van der Waals surface area contributed by atoms with E-state index in [1.54, 1.807) is 6.07 Å². The molecule has 1 aliphatic rings. The van der Waals surface area contributed by atoms with Crippen LogP contribution >= 0.6 is 11.6 Å². The van der Waals surface area contributed by atoms with Gasteiger partial charge in [0.1, 0.15) is 12.4 Å². The van der Waals surface area contributed by atoms with Crippen molar-refractivity contribution >= 4 is 33.6 Å². The van der Waals surface area contributed by atoms with Gasteiger partial charge in [0.25, 0.3) is 0 Å². The number of benzene rings is 2. The third kappa shape index (κ3) is 5.55. The number of rotatable bonds is 6. The van der Waals surface area contributed by atoms with Crippen LogP contribution in [0.4, 0.5) is 0 Å². The topological polar surface area (TPSA) is 84.8 Å². The molecule has 2 aromatic carbocycles. The molecule has 0 aromatic heterocycles. The van der Waals surface area contributed by atoms with E-state index in [1.165, 1.54) is 6.21 Å². The van der Waals surface area contributed by atoms with Gasteiger partial charge in [-0.05, 0) is 30.2 Å². The van der Waals surface area contributed by atoms with E-state index in [2.05, 4.69) is 10.5 Å². The first-order valence-electron chi connectivity index (χ1n) is 8.42. The van der Waals surface area contributed by atoms with Gasteiger partial charge in [0, 0.05) is 10.6 Å². The molecule has 1 atom stereocenters. The van der Waals surface area contributed by atoms with E-state index in [0.29, 0.717) is 23.8 Å². The molecule has 142 valence electrons. The van der Waals surface area contributed by atoms with Gasteiger partial charge in [0.2, 0.25) is 5.91 Å². The SMILES string of the molecule is O=C(N/N=C\c1cccc(OCc2ccccc2Cl)c1)[C@@H]1CCS(=O)(=O)C1. The first kappa shape index (κ1) is 19.4. The maximum absolute atomic E-state index is 12.0. The molecule has 3 rings (SSSR count). The summed E-state index contributed by atoms with van der Waals surface area (Å²) in [5.41, 5.74) is 4.03. The quantitative estimate of drug-likeness (QED) is 0.590. The van der Waals surface area contributed by atoms with E-state index in [-0.39, 0.29) is 17.4 Å². The summed E-state index contributed by atoms with van der Waals surface area (Å²) in [6.07, 6.45) is 1.83. The van der Waals surface area contributed by atoms with Gasteiger partial charge in [0.05, 0.1) is 23.6 Å². The summed E-state index contributed by atoms with van der Waals surface area (Å²) in [6.45, 7) is 0.340. The molecule has 0 aliphatic carbocycles. The van der Waals surface area contributed by atoms with Crippen molar-refractivity contribution in [3.05, 3.63) is 64.7 Å². The van der Waals surface area contributed by atoms with Gasteiger partial charge in [-0.2, -0.15) is 5.10 Å². The summed E-state index contributed by atoms with van der Waals surface area (Å²) in [7, 11) is -3.09. The van der Waals surface area contributed by atoms with Crippen LogP contribution in [0.3, 0.4) is 0 Å². The van der Waals surface area contributed by atoms with Crippen molar-refractivity contribution in [2.75, 3.05) is 11.5 Å². The van der Waals surface area contributed by atoms with Gasteiger partial charge in [-0.15, -0.1) is 0 Å². The molecule has 1 amide bonds. The zero-order valence-corrected chi connectivity index (χ0v) is 16.0. The average Bonchev–Trinajstić information content (AvgIpc) is 3.01. The van der Waals surface area contributed by atoms with Crippen molar-refractivity contribution in [1.29, 1.82) is 0 Å². The van der Waals surface area contributed by atoms with Gasteiger partial charge < -0.3 is 4.74 Å². The Bertz CT molecular complexity index is 960. The van der Waals surface area contributed by atoms with Crippen LogP contribution in [0.2, 0.25) is 5.02 Å². The molecule has 1 aliphatic heterocycles. The number of carbonyl (C=O) groups excluding carboxylic acids is 1. The molecule has 0 bridgehead atoms. The molecule has 0 radical (unpaired) electrons. The minimum absolute atomic E-state index is 0.0552. The van der Waals surface area contributed by atoms with Gasteiger partial charge in [0.15, 0.2) is 9.84 Å². The molecular weight excluding hydrogens is 388 g/mol. The zero-order chi connectivity index (χ0) is 19.3. The van der Waals surface area contributed by atoms with Crippen molar-refractivity contribution in [1.82, 2.24) is 5.43 Å². The second kappa shape index (κ2) is 8.54. The van der Waals surface area contributed by atoms with Crippen molar-refractivity contribution < 1.29 is 17.9 Å². The third-order valence-electron chi connectivity index (χ3n) is 4.20. The molecule has 0 spiro atoms. The molecule has 1 heterocycles. The summed E-state index contributed by atoms with van der Waals surface area (Å²) < 4.78 is 28.6. The monoisotopic (exact) mass is 406 g/mol. The van der Waals surface area contributed by atoms with Crippen molar-refractivity contribution in [2.45, 2.75) is 13.0 Å². The lowest BCUT2D eigenvalue weighted by atomic mass is 10.1. The van der Waals surface area contributed by atoms with Crippen molar-refractivity contribution in [3.63, 3.8) is 0 Å². The molecule has 0 saturated carbocycles. The highest BCUT2D eigenvalue weighted by Crippen LogP contribution is 2.20. The second-order valence-electron chi connectivity index (χ2n) is 6.29. The van der Waals surface area contributed by atoms with Crippen molar-refractivity contribution in [3.8, 4) is 5.75 Å². The van der Waals surface area contributed by atoms with E-state index in [9.17, 15) is 13.2 Å². The normalized spacial score (nSPS) is 18.5. The fraction of sp³-hybridized carbons (Fsp3) is 0.263. The maximum atomic E-state index is 12.0. The lowest BCUT2D eigenvalue weighted by Crippen LogP contribution is -2.27. The number of hydrogen-bond donors (Lipinski definition) is 1. The third-order valence-corrected chi connectivity index (χ3v) is 6.34. The lowest BCUT2D eigenvalue weighted by molar-refractivity contribution is -0.124. The predicted molar refractivity (Wildman–Crippen MR) is 105 cm³/mol. The van der Waals surface area contributed by atoms with Gasteiger partial charge in [-0.3, -0.25) is 4.79 Å².